The Balaban J connectivity index is 1.85. The minimum atomic E-state index is -0.0974. The summed E-state index contributed by atoms with van der Waals surface area (Å²) in [7, 11) is 0. The second kappa shape index (κ2) is 5.64. The Labute approximate surface area is 126 Å². The van der Waals surface area contributed by atoms with Gasteiger partial charge in [0.05, 0.1) is 6.04 Å². The Hall–Kier alpha value is -1.23. The zero-order valence-electron chi connectivity index (χ0n) is 10.7. The highest BCUT2D eigenvalue weighted by Gasteiger charge is 2.26. The van der Waals surface area contributed by atoms with Crippen LogP contribution in [0.25, 0.3) is 0 Å². The van der Waals surface area contributed by atoms with E-state index in [0.29, 0.717) is 10.0 Å². The van der Waals surface area contributed by atoms with E-state index >= 15 is 0 Å². The molecule has 6 heteroatoms. The van der Waals surface area contributed by atoms with Gasteiger partial charge in [0.1, 0.15) is 6.26 Å². The van der Waals surface area contributed by atoms with Crippen molar-refractivity contribution >= 4 is 23.2 Å². The summed E-state index contributed by atoms with van der Waals surface area (Å²) in [5.41, 5.74) is 0.937. The lowest BCUT2D eigenvalue weighted by Crippen LogP contribution is -2.35. The molecule has 2 atom stereocenters. The summed E-state index contributed by atoms with van der Waals surface area (Å²) in [6.07, 6.45) is 3.05. The van der Waals surface area contributed by atoms with Crippen LogP contribution in [0.15, 0.2) is 39.8 Å². The number of hydrogen-bond donors (Lipinski definition) is 1. The molecular weight excluding hydrogens is 299 g/mol. The quantitative estimate of drug-likeness (QED) is 0.924. The predicted molar refractivity (Wildman–Crippen MR) is 78.4 cm³/mol. The first kappa shape index (κ1) is 13.7. The van der Waals surface area contributed by atoms with Crippen LogP contribution in [0.2, 0.25) is 10.0 Å². The average Bonchev–Trinajstić information content (AvgIpc) is 2.84. The summed E-state index contributed by atoms with van der Waals surface area (Å²) in [5, 5.41) is 4.66. The van der Waals surface area contributed by atoms with Crippen LogP contribution in [-0.2, 0) is 0 Å². The molecule has 0 unspecified atom stereocenters. The number of nitrogens with one attached hydrogen (secondary N) is 1. The summed E-state index contributed by atoms with van der Waals surface area (Å²) >= 11 is 12.1. The highest BCUT2D eigenvalue weighted by molar-refractivity contribution is 6.34. The normalized spacial score (nSPS) is 22.9. The molecule has 1 N–H and O–H groups in total. The third kappa shape index (κ3) is 2.77. The molecule has 0 aliphatic carbocycles. The highest BCUT2D eigenvalue weighted by atomic mass is 35.5. The monoisotopic (exact) mass is 312 g/mol. The number of nitrogens with zero attached hydrogens (tertiary/aromatic N) is 1. The van der Waals surface area contributed by atoms with Crippen molar-refractivity contribution in [2.45, 2.75) is 24.9 Å². The fourth-order valence-corrected chi connectivity index (χ4v) is 3.23. The Kier molecular flexibility index (Phi) is 3.87. The molecule has 0 bridgehead atoms. The van der Waals surface area contributed by atoms with E-state index in [2.05, 4.69) is 5.32 Å². The van der Waals surface area contributed by atoms with Crippen LogP contribution < -0.4 is 10.9 Å². The van der Waals surface area contributed by atoms with Crippen molar-refractivity contribution in [3.05, 3.63) is 56.5 Å². The molecule has 0 saturated carbocycles. The first-order valence-electron chi connectivity index (χ1n) is 6.49. The second-order valence-electron chi connectivity index (χ2n) is 4.96. The van der Waals surface area contributed by atoms with E-state index < -0.39 is 0 Å². The van der Waals surface area contributed by atoms with Gasteiger partial charge in [0.2, 0.25) is 0 Å². The van der Waals surface area contributed by atoms with Crippen LogP contribution in [0, 0.1) is 0 Å². The molecule has 1 aliphatic rings. The van der Waals surface area contributed by atoms with E-state index in [4.69, 9.17) is 27.7 Å². The molecule has 1 aromatic carbocycles. The number of hydrogen-bond acceptors (Lipinski definition) is 3. The number of piperidine rings is 1. The summed E-state index contributed by atoms with van der Waals surface area (Å²) in [6.45, 7) is 0.812. The van der Waals surface area contributed by atoms with Gasteiger partial charge in [-0.3, -0.25) is 4.79 Å². The van der Waals surface area contributed by atoms with Gasteiger partial charge in [-0.05, 0) is 43.1 Å². The van der Waals surface area contributed by atoms with Gasteiger partial charge in [0.15, 0.2) is 0 Å². The Morgan fingerprint density at radius 3 is 2.65 bits per heavy atom. The van der Waals surface area contributed by atoms with Gasteiger partial charge in [-0.25, -0.2) is 0 Å². The molecule has 3 rings (SSSR count). The Morgan fingerprint density at radius 1 is 1.25 bits per heavy atom. The first-order valence-corrected chi connectivity index (χ1v) is 7.25. The fraction of sp³-hybridized carbons (Fsp3) is 0.357. The number of halogens is 2. The smallest absolute Gasteiger partial charge is 0.282 e. The van der Waals surface area contributed by atoms with Crippen molar-refractivity contribution in [2.24, 2.45) is 0 Å². The molecule has 4 nitrogen and oxygen atoms in total. The van der Waals surface area contributed by atoms with Crippen LogP contribution in [0.4, 0.5) is 0 Å². The van der Waals surface area contributed by atoms with Gasteiger partial charge in [0.25, 0.3) is 5.56 Å². The van der Waals surface area contributed by atoms with E-state index in [0.717, 1.165) is 24.9 Å². The van der Waals surface area contributed by atoms with Crippen LogP contribution in [0.3, 0.4) is 0 Å². The fourth-order valence-electron chi connectivity index (χ4n) is 2.69. The molecule has 2 aromatic rings. The van der Waals surface area contributed by atoms with Crippen molar-refractivity contribution in [2.75, 3.05) is 6.54 Å². The first-order chi connectivity index (χ1) is 9.63. The highest BCUT2D eigenvalue weighted by Crippen LogP contribution is 2.32. The predicted octanol–water partition coefficient (Wildman–Crippen LogP) is 3.41. The van der Waals surface area contributed by atoms with E-state index in [1.807, 2.05) is 12.1 Å². The number of benzene rings is 1. The maximum atomic E-state index is 11.7. The molecule has 20 heavy (non-hydrogen) atoms. The van der Waals surface area contributed by atoms with Crippen LogP contribution in [0.1, 0.15) is 30.5 Å². The summed E-state index contributed by atoms with van der Waals surface area (Å²) in [5.74, 6) is 0. The SMILES string of the molecule is O=c1ccon1[C@@H]1CCN[C@H](c2cc(Cl)cc(Cl)c2)C1. The molecule has 1 aliphatic heterocycles. The lowest BCUT2D eigenvalue weighted by Gasteiger charge is -2.30. The molecule has 0 amide bonds. The largest absolute Gasteiger partial charge is 0.384 e. The van der Waals surface area contributed by atoms with Gasteiger partial charge in [-0.1, -0.05) is 23.2 Å². The van der Waals surface area contributed by atoms with Gasteiger partial charge in [-0.15, -0.1) is 0 Å². The third-order valence-corrected chi connectivity index (χ3v) is 4.03. The van der Waals surface area contributed by atoms with Gasteiger partial charge in [0, 0.05) is 22.2 Å². The molecule has 2 heterocycles. The molecule has 106 valence electrons. The van der Waals surface area contributed by atoms with Crippen molar-refractivity contribution in [3.8, 4) is 0 Å². The number of rotatable bonds is 2. The van der Waals surface area contributed by atoms with Gasteiger partial charge >= 0.3 is 0 Å². The molecule has 1 aromatic heterocycles. The minimum absolute atomic E-state index is 0.0570. The topological polar surface area (TPSA) is 47.2 Å². The lowest BCUT2D eigenvalue weighted by atomic mass is 9.94. The van der Waals surface area contributed by atoms with E-state index in [9.17, 15) is 4.79 Å². The summed E-state index contributed by atoms with van der Waals surface area (Å²) < 4.78 is 6.70. The molecule has 1 saturated heterocycles. The van der Waals surface area contributed by atoms with Crippen molar-refractivity contribution in [1.29, 1.82) is 0 Å². The standard InChI is InChI=1S/C14H14Cl2N2O2/c15-10-5-9(6-11(16)7-10)13-8-12(1-3-17-13)18-14(19)2-4-20-18/h2,4-7,12-13,17H,1,3,8H2/t12-,13+/m1/s1. The van der Waals surface area contributed by atoms with Crippen LogP contribution in [-0.4, -0.2) is 11.3 Å². The maximum absolute atomic E-state index is 11.7. The number of aromatic nitrogens is 1. The van der Waals surface area contributed by atoms with E-state index in [-0.39, 0.29) is 17.6 Å². The van der Waals surface area contributed by atoms with Crippen molar-refractivity contribution in [1.82, 2.24) is 10.1 Å². The van der Waals surface area contributed by atoms with Crippen molar-refractivity contribution in [3.63, 3.8) is 0 Å². The van der Waals surface area contributed by atoms with Crippen molar-refractivity contribution < 1.29 is 4.52 Å². The summed E-state index contributed by atoms with van der Waals surface area (Å²) in [4.78, 5) is 11.7. The Morgan fingerprint density at radius 2 is 2.00 bits per heavy atom. The zero-order valence-corrected chi connectivity index (χ0v) is 12.2. The minimum Gasteiger partial charge on any atom is -0.384 e. The molecule has 0 radical (unpaired) electrons. The molecule has 1 fully saturated rings. The maximum Gasteiger partial charge on any atom is 0.282 e. The van der Waals surface area contributed by atoms with Crippen LogP contribution >= 0.6 is 23.2 Å². The Bertz CT molecular complexity index is 645. The van der Waals surface area contributed by atoms with Gasteiger partial charge in [-0.2, -0.15) is 4.74 Å². The lowest BCUT2D eigenvalue weighted by molar-refractivity contribution is 0.161. The third-order valence-electron chi connectivity index (χ3n) is 3.60. The van der Waals surface area contributed by atoms with Crippen LogP contribution in [0.5, 0.6) is 0 Å². The van der Waals surface area contributed by atoms with E-state index in [1.54, 1.807) is 6.07 Å². The molecular formula is C14H14Cl2N2O2. The summed E-state index contributed by atoms with van der Waals surface area (Å²) in [6, 6.07) is 7.12. The van der Waals surface area contributed by atoms with Gasteiger partial charge < -0.3 is 9.84 Å². The zero-order chi connectivity index (χ0) is 14.1. The van der Waals surface area contributed by atoms with E-state index in [1.165, 1.54) is 17.1 Å². The molecule has 0 spiro atoms. The second-order valence-corrected chi connectivity index (χ2v) is 5.83. The average molecular weight is 313 g/mol.